The highest BCUT2D eigenvalue weighted by molar-refractivity contribution is 5.83. The van der Waals surface area contributed by atoms with E-state index in [1.54, 1.807) is 6.08 Å². The Morgan fingerprint density at radius 1 is 1.20 bits per heavy atom. The van der Waals surface area contributed by atoms with Crippen LogP contribution in [0.3, 0.4) is 0 Å². The molecule has 1 rings (SSSR count). The SMILES string of the molecule is COC(=O)/C=C/C1CN(C(C)(C)C)C(=O)N1C(C)(C)C. The summed E-state index contributed by atoms with van der Waals surface area (Å²) in [6.07, 6.45) is 3.14. The monoisotopic (exact) mass is 282 g/mol. The van der Waals surface area contributed by atoms with Crippen molar-refractivity contribution in [2.45, 2.75) is 58.7 Å². The summed E-state index contributed by atoms with van der Waals surface area (Å²) in [5, 5.41) is 0. The Kier molecular flexibility index (Phi) is 4.52. The Bertz CT molecular complexity index is 416. The first-order chi connectivity index (χ1) is 8.98. The molecule has 0 aromatic heterocycles. The van der Waals surface area contributed by atoms with Crippen LogP contribution in [0.5, 0.6) is 0 Å². The Morgan fingerprint density at radius 3 is 2.15 bits per heavy atom. The van der Waals surface area contributed by atoms with E-state index in [0.29, 0.717) is 6.54 Å². The predicted molar refractivity (Wildman–Crippen MR) is 78.4 cm³/mol. The molecule has 1 heterocycles. The van der Waals surface area contributed by atoms with Gasteiger partial charge >= 0.3 is 12.0 Å². The summed E-state index contributed by atoms with van der Waals surface area (Å²) in [6.45, 7) is 12.6. The zero-order valence-corrected chi connectivity index (χ0v) is 13.6. The number of rotatable bonds is 2. The average molecular weight is 282 g/mol. The lowest BCUT2D eigenvalue weighted by Crippen LogP contribution is -2.50. The second kappa shape index (κ2) is 5.46. The molecule has 0 bridgehead atoms. The van der Waals surface area contributed by atoms with Crippen LogP contribution in [0.15, 0.2) is 12.2 Å². The van der Waals surface area contributed by atoms with E-state index < -0.39 is 5.97 Å². The van der Waals surface area contributed by atoms with E-state index in [1.807, 2.05) is 51.3 Å². The first kappa shape index (κ1) is 16.5. The quantitative estimate of drug-likeness (QED) is 0.577. The van der Waals surface area contributed by atoms with E-state index in [2.05, 4.69) is 4.74 Å². The van der Waals surface area contributed by atoms with Gasteiger partial charge in [0.2, 0.25) is 0 Å². The number of methoxy groups -OCH3 is 1. The fourth-order valence-corrected chi connectivity index (χ4v) is 2.37. The van der Waals surface area contributed by atoms with Crippen molar-refractivity contribution >= 4 is 12.0 Å². The number of amides is 2. The van der Waals surface area contributed by atoms with Crippen LogP contribution in [-0.2, 0) is 9.53 Å². The van der Waals surface area contributed by atoms with Gasteiger partial charge in [-0.25, -0.2) is 9.59 Å². The van der Waals surface area contributed by atoms with Crippen LogP contribution < -0.4 is 0 Å². The number of carbonyl (C=O) groups is 2. The molecule has 0 N–H and O–H groups in total. The van der Waals surface area contributed by atoms with Gasteiger partial charge in [0, 0.05) is 23.7 Å². The van der Waals surface area contributed by atoms with Crippen molar-refractivity contribution in [3.8, 4) is 0 Å². The predicted octanol–water partition coefficient (Wildman–Crippen LogP) is 2.42. The fourth-order valence-electron chi connectivity index (χ4n) is 2.37. The number of ether oxygens (including phenoxy) is 1. The summed E-state index contributed by atoms with van der Waals surface area (Å²) in [4.78, 5) is 27.5. The molecule has 1 fully saturated rings. The van der Waals surface area contributed by atoms with Crippen LogP contribution in [0.1, 0.15) is 41.5 Å². The van der Waals surface area contributed by atoms with Crippen LogP contribution in [0.2, 0.25) is 0 Å². The lowest BCUT2D eigenvalue weighted by molar-refractivity contribution is -0.134. The highest BCUT2D eigenvalue weighted by Gasteiger charge is 2.45. The topological polar surface area (TPSA) is 49.9 Å². The first-order valence-corrected chi connectivity index (χ1v) is 6.85. The summed E-state index contributed by atoms with van der Waals surface area (Å²) < 4.78 is 4.61. The zero-order valence-electron chi connectivity index (χ0n) is 13.6. The minimum Gasteiger partial charge on any atom is -0.466 e. The van der Waals surface area contributed by atoms with Crippen molar-refractivity contribution in [2.24, 2.45) is 0 Å². The van der Waals surface area contributed by atoms with Gasteiger partial charge in [-0.05, 0) is 41.5 Å². The Labute approximate surface area is 121 Å². The third-order valence-electron chi connectivity index (χ3n) is 3.33. The number of hydrogen-bond acceptors (Lipinski definition) is 3. The van der Waals surface area contributed by atoms with E-state index in [1.165, 1.54) is 13.2 Å². The molecular weight excluding hydrogens is 256 g/mol. The minimum absolute atomic E-state index is 0.00418. The van der Waals surface area contributed by atoms with Gasteiger partial charge in [-0.3, -0.25) is 0 Å². The van der Waals surface area contributed by atoms with Gasteiger partial charge in [-0.1, -0.05) is 6.08 Å². The van der Waals surface area contributed by atoms with E-state index in [0.717, 1.165) is 0 Å². The first-order valence-electron chi connectivity index (χ1n) is 6.85. The van der Waals surface area contributed by atoms with Gasteiger partial charge in [0.15, 0.2) is 0 Å². The van der Waals surface area contributed by atoms with Crippen molar-refractivity contribution in [3.05, 3.63) is 12.2 Å². The maximum Gasteiger partial charge on any atom is 0.330 e. The van der Waals surface area contributed by atoms with Gasteiger partial charge in [-0.15, -0.1) is 0 Å². The third-order valence-corrected chi connectivity index (χ3v) is 3.33. The fraction of sp³-hybridized carbons (Fsp3) is 0.733. The number of esters is 1. The molecule has 0 aromatic carbocycles. The second-order valence-corrected chi connectivity index (χ2v) is 7.05. The molecule has 0 saturated carbocycles. The lowest BCUT2D eigenvalue weighted by Gasteiger charge is -2.36. The van der Waals surface area contributed by atoms with Crippen molar-refractivity contribution in [1.82, 2.24) is 9.80 Å². The molecule has 5 heteroatoms. The maximum absolute atomic E-state index is 12.6. The molecule has 20 heavy (non-hydrogen) atoms. The van der Waals surface area contributed by atoms with Crippen LogP contribution in [0.4, 0.5) is 4.79 Å². The van der Waals surface area contributed by atoms with Gasteiger partial charge in [-0.2, -0.15) is 0 Å². The average Bonchev–Trinajstić information content (AvgIpc) is 2.62. The van der Waals surface area contributed by atoms with E-state index in [-0.39, 0.29) is 23.2 Å². The minimum atomic E-state index is -0.402. The smallest absolute Gasteiger partial charge is 0.330 e. The molecule has 1 atom stereocenters. The molecular formula is C15H26N2O3. The molecule has 2 amide bonds. The molecule has 1 saturated heterocycles. The Morgan fingerprint density at radius 2 is 1.75 bits per heavy atom. The van der Waals surface area contributed by atoms with Crippen LogP contribution >= 0.6 is 0 Å². The van der Waals surface area contributed by atoms with Crippen molar-refractivity contribution < 1.29 is 14.3 Å². The third kappa shape index (κ3) is 3.52. The summed E-state index contributed by atoms with van der Waals surface area (Å²) in [7, 11) is 1.34. The summed E-state index contributed by atoms with van der Waals surface area (Å²) >= 11 is 0. The second-order valence-electron chi connectivity index (χ2n) is 7.05. The standard InChI is InChI=1S/C15H26N2O3/c1-14(2,3)16-10-11(8-9-12(18)20-7)17(13(16)19)15(4,5)6/h8-9,11H,10H2,1-7H3/b9-8+. The van der Waals surface area contributed by atoms with Gasteiger partial charge < -0.3 is 14.5 Å². The highest BCUT2D eigenvalue weighted by Crippen LogP contribution is 2.30. The maximum atomic E-state index is 12.6. The highest BCUT2D eigenvalue weighted by atomic mass is 16.5. The molecule has 0 aromatic rings. The molecule has 114 valence electrons. The molecule has 1 aliphatic heterocycles. The number of carbonyl (C=O) groups excluding carboxylic acids is 2. The molecule has 0 aliphatic carbocycles. The van der Waals surface area contributed by atoms with Gasteiger partial charge in [0.25, 0.3) is 0 Å². The van der Waals surface area contributed by atoms with Gasteiger partial charge in [0.05, 0.1) is 13.2 Å². The molecule has 1 unspecified atom stereocenters. The normalized spacial score (nSPS) is 20.9. The largest absolute Gasteiger partial charge is 0.466 e. The molecule has 5 nitrogen and oxygen atoms in total. The van der Waals surface area contributed by atoms with Crippen LogP contribution in [0, 0.1) is 0 Å². The molecule has 0 radical (unpaired) electrons. The van der Waals surface area contributed by atoms with Crippen molar-refractivity contribution in [3.63, 3.8) is 0 Å². The van der Waals surface area contributed by atoms with E-state index in [9.17, 15) is 9.59 Å². The lowest BCUT2D eigenvalue weighted by atomic mass is 10.0. The van der Waals surface area contributed by atoms with Crippen molar-refractivity contribution in [1.29, 1.82) is 0 Å². The van der Waals surface area contributed by atoms with E-state index >= 15 is 0 Å². The van der Waals surface area contributed by atoms with E-state index in [4.69, 9.17) is 0 Å². The molecule has 1 aliphatic rings. The number of hydrogen-bond donors (Lipinski definition) is 0. The number of nitrogens with zero attached hydrogens (tertiary/aromatic N) is 2. The van der Waals surface area contributed by atoms with Gasteiger partial charge in [0.1, 0.15) is 0 Å². The van der Waals surface area contributed by atoms with Crippen LogP contribution in [0.25, 0.3) is 0 Å². The number of urea groups is 1. The summed E-state index contributed by atoms with van der Waals surface area (Å²) in [6, 6.07) is -0.120. The van der Waals surface area contributed by atoms with Crippen molar-refractivity contribution in [2.75, 3.05) is 13.7 Å². The molecule has 0 spiro atoms. The summed E-state index contributed by atoms with van der Waals surface area (Å²) in [5.41, 5.74) is -0.545. The zero-order chi connectivity index (χ0) is 15.7. The Balaban J connectivity index is 3.06. The van der Waals surface area contributed by atoms with Crippen LogP contribution in [-0.4, -0.2) is 52.6 Å². The Hall–Kier alpha value is -1.52. The summed E-state index contributed by atoms with van der Waals surface area (Å²) in [5.74, 6) is -0.402.